The van der Waals surface area contributed by atoms with Gasteiger partial charge in [-0.2, -0.15) is 0 Å². The highest BCUT2D eigenvalue weighted by Crippen LogP contribution is 2.13. The summed E-state index contributed by atoms with van der Waals surface area (Å²) >= 11 is 0. The summed E-state index contributed by atoms with van der Waals surface area (Å²) in [5, 5.41) is 8.39. The van der Waals surface area contributed by atoms with Gasteiger partial charge in [0.2, 0.25) is 11.8 Å². The lowest BCUT2D eigenvalue weighted by Crippen LogP contribution is -2.57. The summed E-state index contributed by atoms with van der Waals surface area (Å²) < 4.78 is 5.16. The fourth-order valence-electron chi connectivity index (χ4n) is 3.22. The average molecular weight is 447 g/mol. The number of piperazine rings is 1. The number of hydrogen-bond donors (Lipinski definition) is 3. The number of carbonyl (C=O) groups excluding carboxylic acids is 4. The lowest BCUT2D eigenvalue weighted by Gasteiger charge is -2.33. The Bertz CT molecular complexity index is 817. The number of carbonyl (C=O) groups is 4. The summed E-state index contributed by atoms with van der Waals surface area (Å²) in [7, 11) is 0. The first-order chi connectivity index (χ1) is 15.1. The quantitative estimate of drug-likeness (QED) is 0.393. The van der Waals surface area contributed by atoms with Crippen LogP contribution in [0.15, 0.2) is 24.3 Å². The van der Waals surface area contributed by atoms with Crippen molar-refractivity contribution in [2.24, 2.45) is 0 Å². The highest BCUT2D eigenvalue weighted by molar-refractivity contribution is 5.96. The Labute approximate surface area is 189 Å². The predicted octanol–water partition coefficient (Wildman–Crippen LogP) is 1.69. The summed E-state index contributed by atoms with van der Waals surface area (Å²) in [5.41, 5.74) is 0.690. The smallest absolute Gasteiger partial charge is 0.307 e. The Hall–Kier alpha value is -2.94. The van der Waals surface area contributed by atoms with Crippen LogP contribution in [0.5, 0.6) is 0 Å². The topological polar surface area (TPSA) is 117 Å². The van der Waals surface area contributed by atoms with Crippen LogP contribution in [-0.2, 0) is 19.1 Å². The Morgan fingerprint density at radius 3 is 2.50 bits per heavy atom. The highest BCUT2D eigenvalue weighted by Gasteiger charge is 2.33. The van der Waals surface area contributed by atoms with Gasteiger partial charge in [0, 0.05) is 29.9 Å². The van der Waals surface area contributed by atoms with Crippen LogP contribution >= 0.6 is 0 Å². The molecule has 9 heteroatoms. The van der Waals surface area contributed by atoms with Crippen LogP contribution in [0.4, 0.5) is 5.69 Å². The first-order valence-electron chi connectivity index (χ1n) is 11.0. The number of nitrogens with one attached hydrogen (secondary N) is 3. The molecule has 32 heavy (non-hydrogen) atoms. The molecule has 0 saturated carbocycles. The molecule has 1 heterocycles. The van der Waals surface area contributed by atoms with Crippen molar-refractivity contribution in [1.82, 2.24) is 15.5 Å². The number of rotatable bonds is 9. The summed E-state index contributed by atoms with van der Waals surface area (Å²) in [5.74, 6) is -1.24. The second-order valence-corrected chi connectivity index (χ2v) is 8.89. The van der Waals surface area contributed by atoms with E-state index in [-0.39, 0.29) is 36.2 Å². The molecule has 0 bridgehead atoms. The molecule has 1 aromatic carbocycles. The molecule has 3 amide bonds. The van der Waals surface area contributed by atoms with Crippen LogP contribution in [0.2, 0.25) is 0 Å². The van der Waals surface area contributed by atoms with E-state index in [0.717, 1.165) is 12.8 Å². The predicted molar refractivity (Wildman–Crippen MR) is 121 cm³/mol. The second kappa shape index (κ2) is 11.6. The van der Waals surface area contributed by atoms with Crippen molar-refractivity contribution in [3.63, 3.8) is 0 Å². The van der Waals surface area contributed by atoms with Crippen molar-refractivity contribution >= 4 is 29.4 Å². The van der Waals surface area contributed by atoms with Gasteiger partial charge < -0.3 is 20.7 Å². The molecule has 3 N–H and O–H groups in total. The zero-order valence-corrected chi connectivity index (χ0v) is 19.3. The number of benzene rings is 1. The minimum Gasteiger partial charge on any atom is -0.466 e. The maximum Gasteiger partial charge on any atom is 0.307 e. The Kier molecular flexibility index (Phi) is 9.19. The van der Waals surface area contributed by atoms with Gasteiger partial charge in [-0.25, -0.2) is 0 Å². The van der Waals surface area contributed by atoms with Gasteiger partial charge in [-0.3, -0.25) is 24.1 Å². The number of esters is 1. The van der Waals surface area contributed by atoms with Crippen LogP contribution in [0.25, 0.3) is 0 Å². The molecule has 1 fully saturated rings. The van der Waals surface area contributed by atoms with Crippen molar-refractivity contribution in [1.29, 1.82) is 0 Å². The van der Waals surface area contributed by atoms with Crippen LogP contribution in [0, 0.1) is 0 Å². The van der Waals surface area contributed by atoms with E-state index in [1.807, 2.05) is 27.7 Å². The van der Waals surface area contributed by atoms with Crippen molar-refractivity contribution in [2.75, 3.05) is 31.6 Å². The molecular weight excluding hydrogens is 412 g/mol. The number of nitrogens with zero attached hydrogens (tertiary/aromatic N) is 1. The third kappa shape index (κ3) is 8.30. The number of unbranched alkanes of at least 4 members (excludes halogenated alkanes) is 1. The minimum absolute atomic E-state index is 0.0351. The fraction of sp³-hybridized carbons (Fsp3) is 0.565. The van der Waals surface area contributed by atoms with E-state index in [9.17, 15) is 19.2 Å². The summed E-state index contributed by atoms with van der Waals surface area (Å²) in [6.07, 6.45) is 1.58. The first kappa shape index (κ1) is 25.3. The van der Waals surface area contributed by atoms with Gasteiger partial charge in [0.1, 0.15) is 6.04 Å². The SMILES string of the molecule is CCCCOC(=O)CC1C(=O)NCCN1CC(=O)Nc1ccc(C(=O)NC(C)(C)C)cc1. The first-order valence-corrected chi connectivity index (χ1v) is 11.0. The normalized spacial score (nSPS) is 16.8. The molecule has 1 aliphatic rings. The Morgan fingerprint density at radius 2 is 1.88 bits per heavy atom. The third-order valence-electron chi connectivity index (χ3n) is 4.83. The molecule has 9 nitrogen and oxygen atoms in total. The average Bonchev–Trinajstić information content (AvgIpc) is 2.70. The minimum atomic E-state index is -0.743. The molecule has 0 aromatic heterocycles. The maximum absolute atomic E-state index is 12.6. The summed E-state index contributed by atoms with van der Waals surface area (Å²) in [4.78, 5) is 50.8. The molecule has 1 aromatic rings. The molecule has 0 spiro atoms. The summed E-state index contributed by atoms with van der Waals surface area (Å²) in [6.45, 7) is 8.86. The van der Waals surface area contributed by atoms with Gasteiger partial charge in [-0.15, -0.1) is 0 Å². The Balaban J connectivity index is 1.92. The van der Waals surface area contributed by atoms with Crippen molar-refractivity contribution < 1.29 is 23.9 Å². The van der Waals surface area contributed by atoms with Crippen molar-refractivity contribution in [3.05, 3.63) is 29.8 Å². The van der Waals surface area contributed by atoms with Crippen LogP contribution in [0.1, 0.15) is 57.3 Å². The zero-order valence-electron chi connectivity index (χ0n) is 19.3. The van der Waals surface area contributed by atoms with E-state index < -0.39 is 12.0 Å². The number of anilines is 1. The molecule has 2 rings (SSSR count). The molecule has 0 aliphatic carbocycles. The molecule has 0 radical (unpaired) electrons. The van der Waals surface area contributed by atoms with Gasteiger partial charge in [0.15, 0.2) is 0 Å². The van der Waals surface area contributed by atoms with E-state index in [1.165, 1.54) is 0 Å². The summed E-state index contributed by atoms with van der Waals surface area (Å²) in [6, 6.07) is 5.84. The largest absolute Gasteiger partial charge is 0.466 e. The number of ether oxygens (including phenoxy) is 1. The fourth-order valence-corrected chi connectivity index (χ4v) is 3.22. The molecule has 176 valence electrons. The molecule has 1 aliphatic heterocycles. The van der Waals surface area contributed by atoms with E-state index in [0.29, 0.717) is 30.9 Å². The maximum atomic E-state index is 12.6. The highest BCUT2D eigenvalue weighted by atomic mass is 16.5. The molecular formula is C23H34N4O5. The van der Waals surface area contributed by atoms with Crippen molar-refractivity contribution in [2.45, 2.75) is 58.5 Å². The van der Waals surface area contributed by atoms with E-state index in [1.54, 1.807) is 29.2 Å². The third-order valence-corrected chi connectivity index (χ3v) is 4.83. The van der Waals surface area contributed by atoms with Crippen molar-refractivity contribution in [3.8, 4) is 0 Å². The lowest BCUT2D eigenvalue weighted by atomic mass is 10.1. The Morgan fingerprint density at radius 1 is 1.19 bits per heavy atom. The standard InChI is InChI=1S/C23H34N4O5/c1-5-6-13-32-20(29)14-18-22(31)24-11-12-27(18)15-19(28)25-17-9-7-16(8-10-17)21(30)26-23(2,3)4/h7-10,18H,5-6,11-15H2,1-4H3,(H,24,31)(H,25,28)(H,26,30). The lowest BCUT2D eigenvalue weighted by molar-refractivity contribution is -0.149. The van der Waals surface area contributed by atoms with Crippen LogP contribution < -0.4 is 16.0 Å². The van der Waals surface area contributed by atoms with Crippen LogP contribution in [0.3, 0.4) is 0 Å². The second-order valence-electron chi connectivity index (χ2n) is 8.89. The monoisotopic (exact) mass is 446 g/mol. The van der Waals surface area contributed by atoms with E-state index in [4.69, 9.17) is 4.74 Å². The molecule has 1 atom stereocenters. The van der Waals surface area contributed by atoms with E-state index >= 15 is 0 Å². The molecule has 1 saturated heterocycles. The van der Waals surface area contributed by atoms with Gasteiger partial charge in [-0.1, -0.05) is 13.3 Å². The zero-order chi connectivity index (χ0) is 23.7. The molecule has 1 unspecified atom stereocenters. The van der Waals surface area contributed by atoms with Crippen LogP contribution in [-0.4, -0.2) is 66.4 Å². The number of hydrogen-bond acceptors (Lipinski definition) is 6. The van der Waals surface area contributed by atoms with Gasteiger partial charge >= 0.3 is 5.97 Å². The van der Waals surface area contributed by atoms with Gasteiger partial charge in [0.25, 0.3) is 5.91 Å². The van der Waals surface area contributed by atoms with E-state index in [2.05, 4.69) is 16.0 Å². The number of amides is 3. The van der Waals surface area contributed by atoms with Gasteiger partial charge in [0.05, 0.1) is 19.6 Å². The van der Waals surface area contributed by atoms with Gasteiger partial charge in [-0.05, 0) is 51.5 Å².